The molecule has 1 atom stereocenters. The number of hydrogen-bond acceptors (Lipinski definition) is 1. The van der Waals surface area contributed by atoms with E-state index in [1.807, 2.05) is 0 Å². The van der Waals surface area contributed by atoms with Crippen LogP contribution in [0.5, 0.6) is 0 Å². The Morgan fingerprint density at radius 3 is 1.72 bits per heavy atom. The Kier molecular flexibility index (Phi) is 3.68. The van der Waals surface area contributed by atoms with Gasteiger partial charge in [-0.3, -0.25) is 4.79 Å². The second-order valence-electron chi connectivity index (χ2n) is 3.34. The minimum atomic E-state index is -5.38. The molecule has 0 aliphatic rings. The predicted octanol–water partition coefficient (Wildman–Crippen LogP) is 3.79. The van der Waals surface area contributed by atoms with Crippen LogP contribution in [0.2, 0.25) is 0 Å². The van der Waals surface area contributed by atoms with Crippen molar-refractivity contribution in [1.82, 2.24) is 0 Å². The third-order valence-electron chi connectivity index (χ3n) is 2.01. The van der Waals surface area contributed by atoms with Crippen LogP contribution in [-0.2, 0) is 6.18 Å². The molecule has 1 nitrogen and oxygen atoms in total. The highest BCUT2D eigenvalue weighted by Crippen LogP contribution is 2.30. The van der Waals surface area contributed by atoms with E-state index in [2.05, 4.69) is 0 Å². The van der Waals surface area contributed by atoms with Crippen LogP contribution < -0.4 is 0 Å². The molecule has 0 N–H and O–H groups in total. The quantitative estimate of drug-likeness (QED) is 0.592. The SMILES string of the molecule is O=C(c1ccc(C(F)(F)F)cc1)C(F)C(F)(F)F. The van der Waals surface area contributed by atoms with Gasteiger partial charge in [0, 0.05) is 5.56 Å². The summed E-state index contributed by atoms with van der Waals surface area (Å²) in [6.45, 7) is 0. The third kappa shape index (κ3) is 3.21. The number of benzene rings is 1. The van der Waals surface area contributed by atoms with Gasteiger partial charge in [-0.1, -0.05) is 12.1 Å². The van der Waals surface area contributed by atoms with E-state index in [0.717, 1.165) is 0 Å². The van der Waals surface area contributed by atoms with E-state index < -0.39 is 35.4 Å². The van der Waals surface area contributed by atoms with E-state index in [1.54, 1.807) is 0 Å². The lowest BCUT2D eigenvalue weighted by Crippen LogP contribution is -2.32. The zero-order valence-corrected chi connectivity index (χ0v) is 8.44. The van der Waals surface area contributed by atoms with E-state index in [9.17, 15) is 35.5 Å². The first-order valence-corrected chi connectivity index (χ1v) is 4.45. The Bertz CT molecular complexity index is 429. The molecule has 0 amide bonds. The number of hydrogen-bond donors (Lipinski definition) is 0. The fourth-order valence-electron chi connectivity index (χ4n) is 1.12. The number of halogens is 7. The maximum absolute atomic E-state index is 12.6. The van der Waals surface area contributed by atoms with Gasteiger partial charge in [-0.05, 0) is 12.1 Å². The van der Waals surface area contributed by atoms with Crippen LogP contribution in [0, 0.1) is 0 Å². The largest absolute Gasteiger partial charge is 0.427 e. The molecule has 8 heteroatoms. The second kappa shape index (κ2) is 4.58. The van der Waals surface area contributed by atoms with E-state index in [4.69, 9.17) is 0 Å². The van der Waals surface area contributed by atoms with Gasteiger partial charge in [-0.25, -0.2) is 4.39 Å². The topological polar surface area (TPSA) is 17.1 Å². The fourth-order valence-corrected chi connectivity index (χ4v) is 1.12. The van der Waals surface area contributed by atoms with Crippen molar-refractivity contribution in [3.05, 3.63) is 35.4 Å². The van der Waals surface area contributed by atoms with Crippen LogP contribution in [0.4, 0.5) is 30.7 Å². The lowest BCUT2D eigenvalue weighted by Gasteiger charge is -2.12. The van der Waals surface area contributed by atoms with E-state index >= 15 is 0 Å². The molecule has 0 aliphatic heterocycles. The Morgan fingerprint density at radius 1 is 0.944 bits per heavy atom. The highest BCUT2D eigenvalue weighted by atomic mass is 19.4. The minimum absolute atomic E-state index is 0.413. The van der Waals surface area contributed by atoms with Crippen molar-refractivity contribution in [2.24, 2.45) is 0 Å². The zero-order chi connectivity index (χ0) is 14.1. The van der Waals surface area contributed by atoms with Crippen molar-refractivity contribution in [3.63, 3.8) is 0 Å². The first kappa shape index (κ1) is 14.5. The van der Waals surface area contributed by atoms with Crippen LogP contribution in [0.25, 0.3) is 0 Å². The Hall–Kier alpha value is -1.60. The molecule has 0 aliphatic carbocycles. The third-order valence-corrected chi connectivity index (χ3v) is 2.01. The van der Waals surface area contributed by atoms with Crippen molar-refractivity contribution in [1.29, 1.82) is 0 Å². The van der Waals surface area contributed by atoms with Crippen molar-refractivity contribution in [2.75, 3.05) is 0 Å². The summed E-state index contributed by atoms with van der Waals surface area (Å²) >= 11 is 0. The van der Waals surface area contributed by atoms with Gasteiger partial charge in [-0.2, -0.15) is 26.3 Å². The summed E-state index contributed by atoms with van der Waals surface area (Å²) < 4.78 is 84.6. The first-order valence-electron chi connectivity index (χ1n) is 4.45. The standard InChI is InChI=1S/C10H5F7O/c11-8(10(15,16)17)7(18)5-1-3-6(4-2-5)9(12,13)14/h1-4,8H. The van der Waals surface area contributed by atoms with Crippen LogP contribution in [0.15, 0.2) is 24.3 Å². The summed E-state index contributed by atoms with van der Waals surface area (Å²) in [6.07, 6.45) is -13.8. The highest BCUT2D eigenvalue weighted by Gasteiger charge is 2.45. The van der Waals surface area contributed by atoms with Crippen LogP contribution in [-0.4, -0.2) is 18.1 Å². The van der Waals surface area contributed by atoms with Crippen molar-refractivity contribution >= 4 is 5.78 Å². The molecule has 0 bridgehead atoms. The van der Waals surface area contributed by atoms with E-state index in [1.165, 1.54) is 0 Å². The van der Waals surface area contributed by atoms with Crippen molar-refractivity contribution < 1.29 is 35.5 Å². The van der Waals surface area contributed by atoms with Gasteiger partial charge in [0.15, 0.2) is 0 Å². The van der Waals surface area contributed by atoms with Crippen LogP contribution >= 0.6 is 0 Å². The van der Waals surface area contributed by atoms with E-state index in [-0.39, 0.29) is 0 Å². The normalized spacial score (nSPS) is 14.4. The number of rotatable bonds is 2. The molecule has 1 aromatic carbocycles. The second-order valence-corrected chi connectivity index (χ2v) is 3.34. The lowest BCUT2D eigenvalue weighted by molar-refractivity contribution is -0.165. The van der Waals surface area contributed by atoms with Crippen LogP contribution in [0.1, 0.15) is 15.9 Å². The van der Waals surface area contributed by atoms with Gasteiger partial charge in [0.2, 0.25) is 5.78 Å². The van der Waals surface area contributed by atoms with Crippen molar-refractivity contribution in [2.45, 2.75) is 18.5 Å². The van der Waals surface area contributed by atoms with Gasteiger partial charge in [0.05, 0.1) is 5.56 Å². The highest BCUT2D eigenvalue weighted by molar-refractivity contribution is 5.99. The van der Waals surface area contributed by atoms with E-state index in [0.29, 0.717) is 24.3 Å². The van der Waals surface area contributed by atoms with Crippen molar-refractivity contribution in [3.8, 4) is 0 Å². The molecule has 0 saturated heterocycles. The number of carbonyl (C=O) groups excluding carboxylic acids is 1. The molecule has 18 heavy (non-hydrogen) atoms. The molecule has 1 unspecified atom stereocenters. The summed E-state index contributed by atoms with van der Waals surface area (Å²) in [4.78, 5) is 11.0. The first-order chi connectivity index (χ1) is 8.03. The Morgan fingerprint density at radius 2 is 1.39 bits per heavy atom. The van der Waals surface area contributed by atoms with Crippen LogP contribution in [0.3, 0.4) is 0 Å². The molecule has 1 rings (SSSR count). The smallest absolute Gasteiger partial charge is 0.290 e. The number of alkyl halides is 7. The Labute approximate surface area is 96.2 Å². The van der Waals surface area contributed by atoms with Gasteiger partial charge in [0.1, 0.15) is 0 Å². The molecule has 0 heterocycles. The molecule has 1 aromatic rings. The minimum Gasteiger partial charge on any atom is -0.290 e. The van der Waals surface area contributed by atoms with Gasteiger partial charge in [-0.15, -0.1) is 0 Å². The zero-order valence-electron chi connectivity index (χ0n) is 8.44. The van der Waals surface area contributed by atoms with Gasteiger partial charge in [0.25, 0.3) is 6.17 Å². The number of ketones is 1. The summed E-state index contributed by atoms with van der Waals surface area (Å²) in [5, 5.41) is 0. The molecule has 0 fully saturated rings. The predicted molar refractivity (Wildman–Crippen MR) is 46.7 cm³/mol. The molecule has 0 spiro atoms. The molecule has 0 saturated carbocycles. The fraction of sp³-hybridized carbons (Fsp3) is 0.300. The summed E-state index contributed by atoms with van der Waals surface area (Å²) in [6, 6.07) is 1.83. The summed E-state index contributed by atoms with van der Waals surface area (Å²) in [7, 11) is 0. The average molecular weight is 274 g/mol. The summed E-state index contributed by atoms with van der Waals surface area (Å²) in [5.74, 6) is -1.92. The molecule has 0 radical (unpaired) electrons. The lowest BCUT2D eigenvalue weighted by atomic mass is 10.0. The average Bonchev–Trinajstić information content (AvgIpc) is 2.25. The van der Waals surface area contributed by atoms with Gasteiger partial charge >= 0.3 is 12.4 Å². The van der Waals surface area contributed by atoms with Gasteiger partial charge < -0.3 is 0 Å². The molecular weight excluding hydrogens is 269 g/mol. The maximum Gasteiger partial charge on any atom is 0.427 e. The molecular formula is C10H5F7O. The summed E-state index contributed by atoms with van der Waals surface area (Å²) in [5.41, 5.74) is -1.91. The molecule has 0 aromatic heterocycles. The maximum atomic E-state index is 12.6. The monoisotopic (exact) mass is 274 g/mol. The number of Topliss-reactive ketones (excluding diaryl/α,β-unsaturated/α-hetero) is 1. The molecule has 100 valence electrons. The Balaban J connectivity index is 2.96. The number of carbonyl (C=O) groups is 1.